The quantitative estimate of drug-likeness (QED) is 0.412. The van der Waals surface area contributed by atoms with Gasteiger partial charge in [0.1, 0.15) is 18.4 Å². The number of carbonyl (C=O) groups excluding carboxylic acids is 2. The number of hydrogen-bond donors (Lipinski definition) is 2. The summed E-state index contributed by atoms with van der Waals surface area (Å²) in [6.07, 6.45) is 2.15. The molecule has 31 heavy (non-hydrogen) atoms. The van der Waals surface area contributed by atoms with Gasteiger partial charge in [0.05, 0.1) is 18.3 Å². The predicted octanol–water partition coefficient (Wildman–Crippen LogP) is 3.72. The van der Waals surface area contributed by atoms with Crippen LogP contribution in [0.2, 0.25) is 0 Å². The first-order valence-electron chi connectivity index (χ1n) is 9.67. The topological polar surface area (TPSA) is 93.3 Å². The van der Waals surface area contributed by atoms with E-state index in [0.29, 0.717) is 24.3 Å². The van der Waals surface area contributed by atoms with Crippen LogP contribution in [0.3, 0.4) is 0 Å². The average Bonchev–Trinajstić information content (AvgIpc) is 3.47. The second-order valence-corrected chi connectivity index (χ2v) is 7.63. The third-order valence-electron chi connectivity index (χ3n) is 4.86. The van der Waals surface area contributed by atoms with E-state index in [-0.39, 0.29) is 5.91 Å². The first kappa shape index (κ1) is 20.6. The Kier molecular flexibility index (Phi) is 6.28. The maximum Gasteiger partial charge on any atom is 0.328 e. The average molecular weight is 436 g/mol. The summed E-state index contributed by atoms with van der Waals surface area (Å²) in [5.74, 6) is -0.337. The standard InChI is InChI=1S/C23H21N3O4S/c1-29-23(28)21(10-16-11-24-20-8-3-2-7-19(16)20)26-22(27)15-5-4-6-18(9-15)30-12-17-13-31-14-25-17/h2-9,11,13-14,21,24H,10,12H2,1H3,(H,26,27). The van der Waals surface area contributed by atoms with E-state index in [2.05, 4.69) is 15.3 Å². The molecular weight excluding hydrogens is 414 g/mol. The molecule has 0 aliphatic carbocycles. The number of benzene rings is 2. The van der Waals surface area contributed by atoms with Gasteiger partial charge in [0.15, 0.2) is 0 Å². The Bertz CT molecular complexity index is 1190. The number of amides is 1. The molecule has 0 spiro atoms. The highest BCUT2D eigenvalue weighted by molar-refractivity contribution is 7.07. The van der Waals surface area contributed by atoms with Crippen LogP contribution < -0.4 is 10.1 Å². The molecule has 7 nitrogen and oxygen atoms in total. The molecule has 0 aliphatic rings. The van der Waals surface area contributed by atoms with Crippen molar-refractivity contribution >= 4 is 34.1 Å². The van der Waals surface area contributed by atoms with Gasteiger partial charge in [0.25, 0.3) is 5.91 Å². The number of ether oxygens (including phenoxy) is 2. The lowest BCUT2D eigenvalue weighted by atomic mass is 10.0. The van der Waals surface area contributed by atoms with Crippen LogP contribution in [0.25, 0.3) is 10.9 Å². The summed E-state index contributed by atoms with van der Waals surface area (Å²) in [7, 11) is 1.31. The molecular formula is C23H21N3O4S. The molecule has 1 amide bonds. The van der Waals surface area contributed by atoms with Crippen LogP contribution in [0, 0.1) is 0 Å². The van der Waals surface area contributed by atoms with Gasteiger partial charge in [0.2, 0.25) is 0 Å². The number of nitrogens with one attached hydrogen (secondary N) is 2. The fourth-order valence-corrected chi connectivity index (χ4v) is 3.83. The van der Waals surface area contributed by atoms with Crippen LogP contribution in [0.4, 0.5) is 0 Å². The zero-order valence-corrected chi connectivity index (χ0v) is 17.6. The predicted molar refractivity (Wildman–Crippen MR) is 118 cm³/mol. The number of hydrogen-bond acceptors (Lipinski definition) is 6. The van der Waals surface area contributed by atoms with E-state index in [1.165, 1.54) is 18.4 Å². The molecule has 4 aromatic rings. The molecule has 2 N–H and O–H groups in total. The Morgan fingerprint density at radius 2 is 2.06 bits per heavy atom. The summed E-state index contributed by atoms with van der Waals surface area (Å²) in [5, 5.41) is 5.70. The van der Waals surface area contributed by atoms with E-state index in [1.807, 2.05) is 35.8 Å². The third-order valence-corrected chi connectivity index (χ3v) is 5.49. The van der Waals surface area contributed by atoms with Gasteiger partial charge in [-0.05, 0) is 29.8 Å². The fourth-order valence-electron chi connectivity index (χ4n) is 3.29. The second-order valence-electron chi connectivity index (χ2n) is 6.91. The Balaban J connectivity index is 1.47. The maximum absolute atomic E-state index is 12.9. The zero-order valence-electron chi connectivity index (χ0n) is 16.8. The molecule has 0 fully saturated rings. The number of para-hydroxylation sites is 1. The molecule has 1 unspecified atom stereocenters. The minimum Gasteiger partial charge on any atom is -0.487 e. The molecule has 0 saturated heterocycles. The van der Waals surface area contributed by atoms with Gasteiger partial charge in [-0.3, -0.25) is 4.79 Å². The second kappa shape index (κ2) is 9.44. The van der Waals surface area contributed by atoms with E-state index in [4.69, 9.17) is 9.47 Å². The van der Waals surface area contributed by atoms with Gasteiger partial charge >= 0.3 is 5.97 Å². The summed E-state index contributed by atoms with van der Waals surface area (Å²) in [5.41, 5.74) is 4.85. The summed E-state index contributed by atoms with van der Waals surface area (Å²) in [6, 6.07) is 13.8. The van der Waals surface area contributed by atoms with Crippen molar-refractivity contribution < 1.29 is 19.1 Å². The Morgan fingerprint density at radius 3 is 2.87 bits per heavy atom. The normalized spacial score (nSPS) is 11.8. The molecule has 158 valence electrons. The van der Waals surface area contributed by atoms with Gasteiger partial charge in [-0.25, -0.2) is 9.78 Å². The van der Waals surface area contributed by atoms with Gasteiger partial charge in [0, 0.05) is 34.5 Å². The molecule has 0 saturated carbocycles. The van der Waals surface area contributed by atoms with E-state index >= 15 is 0 Å². The summed E-state index contributed by atoms with van der Waals surface area (Å²) >= 11 is 1.50. The minimum atomic E-state index is -0.823. The Morgan fingerprint density at radius 1 is 1.19 bits per heavy atom. The smallest absolute Gasteiger partial charge is 0.328 e. The molecule has 0 bridgehead atoms. The van der Waals surface area contributed by atoms with Crippen molar-refractivity contribution in [3.63, 3.8) is 0 Å². The SMILES string of the molecule is COC(=O)C(Cc1c[nH]c2ccccc12)NC(=O)c1cccc(OCc2cscn2)c1. The summed E-state index contributed by atoms with van der Waals surface area (Å²) in [6.45, 7) is 0.319. The minimum absolute atomic E-state index is 0.308. The molecule has 1 atom stereocenters. The van der Waals surface area contributed by atoms with Crippen molar-refractivity contribution in [2.75, 3.05) is 7.11 Å². The van der Waals surface area contributed by atoms with Crippen molar-refractivity contribution in [3.05, 3.63) is 82.4 Å². The van der Waals surface area contributed by atoms with Gasteiger partial charge in [-0.15, -0.1) is 11.3 Å². The number of methoxy groups -OCH3 is 1. The van der Waals surface area contributed by atoms with E-state index in [1.54, 1.807) is 29.8 Å². The molecule has 0 aliphatic heterocycles. The first-order chi connectivity index (χ1) is 15.1. The monoisotopic (exact) mass is 435 g/mol. The van der Waals surface area contributed by atoms with Gasteiger partial charge in [-0.2, -0.15) is 0 Å². The number of esters is 1. The van der Waals surface area contributed by atoms with Gasteiger partial charge in [-0.1, -0.05) is 24.3 Å². The van der Waals surface area contributed by atoms with Crippen LogP contribution in [-0.2, 0) is 22.6 Å². The number of aromatic amines is 1. The highest BCUT2D eigenvalue weighted by atomic mass is 32.1. The van der Waals surface area contributed by atoms with E-state index in [0.717, 1.165) is 22.2 Å². The Hall–Kier alpha value is -3.65. The molecule has 2 aromatic heterocycles. The van der Waals surface area contributed by atoms with Crippen LogP contribution in [0.15, 0.2) is 65.6 Å². The highest BCUT2D eigenvalue weighted by Gasteiger charge is 2.24. The maximum atomic E-state index is 12.9. The summed E-state index contributed by atoms with van der Waals surface area (Å²) in [4.78, 5) is 32.6. The molecule has 2 heterocycles. The molecule has 4 rings (SSSR count). The van der Waals surface area contributed by atoms with Crippen molar-refractivity contribution in [2.45, 2.75) is 19.1 Å². The summed E-state index contributed by atoms with van der Waals surface area (Å²) < 4.78 is 10.6. The first-order valence-corrected chi connectivity index (χ1v) is 10.6. The van der Waals surface area contributed by atoms with Crippen molar-refractivity contribution in [1.82, 2.24) is 15.3 Å². The lowest BCUT2D eigenvalue weighted by Gasteiger charge is -2.16. The van der Waals surface area contributed by atoms with Crippen molar-refractivity contribution in [3.8, 4) is 5.75 Å². The lowest BCUT2D eigenvalue weighted by Crippen LogP contribution is -2.43. The lowest BCUT2D eigenvalue weighted by molar-refractivity contribution is -0.142. The van der Waals surface area contributed by atoms with Crippen molar-refractivity contribution in [1.29, 1.82) is 0 Å². The van der Waals surface area contributed by atoms with Crippen LogP contribution in [0.5, 0.6) is 5.75 Å². The zero-order chi connectivity index (χ0) is 21.6. The van der Waals surface area contributed by atoms with Crippen LogP contribution in [0.1, 0.15) is 21.6 Å². The van der Waals surface area contributed by atoms with E-state index in [9.17, 15) is 9.59 Å². The van der Waals surface area contributed by atoms with Crippen LogP contribution in [-0.4, -0.2) is 35.0 Å². The number of fused-ring (bicyclic) bond motifs is 1. The molecule has 2 aromatic carbocycles. The molecule has 8 heteroatoms. The number of rotatable bonds is 8. The van der Waals surface area contributed by atoms with Gasteiger partial charge < -0.3 is 19.8 Å². The number of H-pyrrole nitrogens is 1. The number of carbonyl (C=O) groups is 2. The largest absolute Gasteiger partial charge is 0.487 e. The number of nitrogens with zero attached hydrogens (tertiary/aromatic N) is 1. The van der Waals surface area contributed by atoms with Crippen LogP contribution >= 0.6 is 11.3 Å². The number of aromatic nitrogens is 2. The third kappa shape index (κ3) is 4.92. The Labute approximate surface area is 183 Å². The highest BCUT2D eigenvalue weighted by Crippen LogP contribution is 2.20. The fraction of sp³-hybridized carbons (Fsp3) is 0.174. The number of thiazole rings is 1. The van der Waals surface area contributed by atoms with Crippen molar-refractivity contribution in [2.24, 2.45) is 0 Å². The molecule has 0 radical (unpaired) electrons. The van der Waals surface area contributed by atoms with E-state index < -0.39 is 12.0 Å².